The van der Waals surface area contributed by atoms with E-state index in [1.165, 1.54) is 0 Å². The van der Waals surface area contributed by atoms with Gasteiger partial charge in [0.05, 0.1) is 12.2 Å². The SMILES string of the molecule is O=C(OCCCCCCO)c1ccc(/C=C/c2cccc(Cl)c2)cc1. The smallest absolute Gasteiger partial charge is 0.338 e. The van der Waals surface area contributed by atoms with Crippen molar-refractivity contribution in [3.63, 3.8) is 0 Å². The van der Waals surface area contributed by atoms with Crippen LogP contribution >= 0.6 is 11.6 Å². The molecule has 0 aliphatic heterocycles. The molecule has 0 atom stereocenters. The second-order valence-electron chi connectivity index (χ2n) is 5.78. The quantitative estimate of drug-likeness (QED) is 0.379. The third-order valence-electron chi connectivity index (χ3n) is 3.75. The van der Waals surface area contributed by atoms with Crippen LogP contribution in [0.5, 0.6) is 0 Å². The van der Waals surface area contributed by atoms with E-state index in [1.54, 1.807) is 12.1 Å². The summed E-state index contributed by atoms with van der Waals surface area (Å²) in [5.74, 6) is -0.299. The van der Waals surface area contributed by atoms with Gasteiger partial charge in [0.2, 0.25) is 0 Å². The number of unbranched alkanes of at least 4 members (excludes halogenated alkanes) is 3. The van der Waals surface area contributed by atoms with Gasteiger partial charge in [0, 0.05) is 11.6 Å². The molecule has 0 radical (unpaired) electrons. The van der Waals surface area contributed by atoms with Crippen molar-refractivity contribution in [1.29, 1.82) is 0 Å². The van der Waals surface area contributed by atoms with Crippen LogP contribution in [-0.2, 0) is 4.74 Å². The molecule has 3 nitrogen and oxygen atoms in total. The molecule has 2 aromatic carbocycles. The third-order valence-corrected chi connectivity index (χ3v) is 3.98. The molecule has 0 saturated heterocycles. The normalized spacial score (nSPS) is 11.0. The highest BCUT2D eigenvalue weighted by atomic mass is 35.5. The molecular weight excluding hydrogens is 336 g/mol. The number of benzene rings is 2. The minimum absolute atomic E-state index is 0.220. The van der Waals surface area contributed by atoms with Gasteiger partial charge in [-0.05, 0) is 54.7 Å². The zero-order valence-corrected chi connectivity index (χ0v) is 14.9. The number of hydrogen-bond acceptors (Lipinski definition) is 3. The van der Waals surface area contributed by atoms with Crippen LogP contribution in [0, 0.1) is 0 Å². The van der Waals surface area contributed by atoms with Crippen molar-refractivity contribution in [1.82, 2.24) is 0 Å². The van der Waals surface area contributed by atoms with Gasteiger partial charge in [-0.2, -0.15) is 0 Å². The summed E-state index contributed by atoms with van der Waals surface area (Å²) >= 11 is 5.96. The van der Waals surface area contributed by atoms with Gasteiger partial charge in [0.15, 0.2) is 0 Å². The monoisotopic (exact) mass is 358 g/mol. The number of carbonyl (C=O) groups excluding carboxylic acids is 1. The van der Waals surface area contributed by atoms with E-state index >= 15 is 0 Å². The molecule has 4 heteroatoms. The van der Waals surface area contributed by atoms with Gasteiger partial charge >= 0.3 is 5.97 Å². The Bertz CT molecular complexity index is 693. The van der Waals surface area contributed by atoms with Crippen molar-refractivity contribution >= 4 is 29.7 Å². The zero-order chi connectivity index (χ0) is 17.9. The lowest BCUT2D eigenvalue weighted by molar-refractivity contribution is 0.0497. The molecule has 0 saturated carbocycles. The molecule has 0 aliphatic rings. The fraction of sp³-hybridized carbons (Fsp3) is 0.286. The lowest BCUT2D eigenvalue weighted by Crippen LogP contribution is -2.06. The summed E-state index contributed by atoms with van der Waals surface area (Å²) in [7, 11) is 0. The molecule has 0 unspecified atom stereocenters. The van der Waals surface area contributed by atoms with Crippen molar-refractivity contribution in [2.45, 2.75) is 25.7 Å². The topological polar surface area (TPSA) is 46.5 Å². The van der Waals surface area contributed by atoms with E-state index in [9.17, 15) is 4.79 Å². The fourth-order valence-corrected chi connectivity index (χ4v) is 2.55. The van der Waals surface area contributed by atoms with E-state index in [2.05, 4.69) is 0 Å². The van der Waals surface area contributed by atoms with Crippen molar-refractivity contribution in [3.05, 3.63) is 70.2 Å². The highest BCUT2D eigenvalue weighted by Gasteiger charge is 2.06. The Morgan fingerprint density at radius 2 is 1.68 bits per heavy atom. The molecule has 0 fully saturated rings. The number of ether oxygens (including phenoxy) is 1. The first-order chi connectivity index (χ1) is 12.2. The van der Waals surface area contributed by atoms with Crippen LogP contribution in [0.3, 0.4) is 0 Å². The van der Waals surface area contributed by atoms with Crippen molar-refractivity contribution in [2.24, 2.45) is 0 Å². The van der Waals surface area contributed by atoms with E-state index in [0.29, 0.717) is 17.2 Å². The van der Waals surface area contributed by atoms with Crippen molar-refractivity contribution in [3.8, 4) is 0 Å². The molecule has 2 aromatic rings. The number of rotatable bonds is 9. The van der Waals surface area contributed by atoms with Gasteiger partial charge in [-0.3, -0.25) is 0 Å². The lowest BCUT2D eigenvalue weighted by Gasteiger charge is -2.05. The molecule has 0 aliphatic carbocycles. The first-order valence-corrected chi connectivity index (χ1v) is 8.88. The lowest BCUT2D eigenvalue weighted by atomic mass is 10.1. The Labute approximate surface area is 153 Å². The Morgan fingerprint density at radius 1 is 0.960 bits per heavy atom. The third kappa shape index (κ3) is 7.12. The maximum absolute atomic E-state index is 12.0. The standard InChI is InChI=1S/C21H23ClO3/c22-20-7-5-6-18(16-20)9-8-17-10-12-19(13-11-17)21(24)25-15-4-2-1-3-14-23/h5-13,16,23H,1-4,14-15H2/b9-8+. The van der Waals surface area contributed by atoms with E-state index in [-0.39, 0.29) is 12.6 Å². The van der Waals surface area contributed by atoms with Gasteiger partial charge in [0.1, 0.15) is 0 Å². The number of halogens is 1. The molecular formula is C21H23ClO3. The van der Waals surface area contributed by atoms with E-state index in [0.717, 1.165) is 36.8 Å². The largest absolute Gasteiger partial charge is 0.462 e. The maximum Gasteiger partial charge on any atom is 0.338 e. The zero-order valence-electron chi connectivity index (χ0n) is 14.2. The summed E-state index contributed by atoms with van der Waals surface area (Å²) in [5.41, 5.74) is 2.58. The summed E-state index contributed by atoms with van der Waals surface area (Å²) in [6.07, 6.45) is 7.50. The maximum atomic E-state index is 12.0. The predicted molar refractivity (Wildman–Crippen MR) is 103 cm³/mol. The summed E-state index contributed by atoms with van der Waals surface area (Å²) in [5, 5.41) is 9.41. The highest BCUT2D eigenvalue weighted by Crippen LogP contribution is 2.14. The van der Waals surface area contributed by atoms with Gasteiger partial charge in [-0.1, -0.05) is 54.4 Å². The molecule has 0 bridgehead atoms. The molecule has 132 valence electrons. The van der Waals surface area contributed by atoms with Crippen LogP contribution in [-0.4, -0.2) is 24.3 Å². The van der Waals surface area contributed by atoms with Crippen LogP contribution in [0.2, 0.25) is 5.02 Å². The molecule has 0 spiro atoms. The average Bonchev–Trinajstić information content (AvgIpc) is 2.63. The second-order valence-corrected chi connectivity index (χ2v) is 6.22. The van der Waals surface area contributed by atoms with Gasteiger partial charge in [-0.25, -0.2) is 4.79 Å². The van der Waals surface area contributed by atoms with Crippen molar-refractivity contribution < 1.29 is 14.6 Å². The number of aliphatic hydroxyl groups is 1. The minimum atomic E-state index is -0.299. The average molecular weight is 359 g/mol. The summed E-state index contributed by atoms with van der Waals surface area (Å²) in [6, 6.07) is 14.9. The highest BCUT2D eigenvalue weighted by molar-refractivity contribution is 6.30. The molecule has 2 rings (SSSR count). The Morgan fingerprint density at radius 3 is 2.40 bits per heavy atom. The number of hydrogen-bond donors (Lipinski definition) is 1. The number of carbonyl (C=O) groups is 1. The van der Waals surface area contributed by atoms with Crippen LogP contribution < -0.4 is 0 Å². The fourth-order valence-electron chi connectivity index (χ4n) is 2.35. The number of aliphatic hydroxyl groups excluding tert-OH is 1. The van der Waals surface area contributed by atoms with E-state index in [1.807, 2.05) is 48.6 Å². The van der Waals surface area contributed by atoms with Gasteiger partial charge in [-0.15, -0.1) is 0 Å². The minimum Gasteiger partial charge on any atom is -0.462 e. The van der Waals surface area contributed by atoms with Gasteiger partial charge < -0.3 is 9.84 Å². The second kappa shape index (κ2) is 10.7. The Balaban J connectivity index is 1.81. The van der Waals surface area contributed by atoms with Crippen LogP contribution in [0.1, 0.15) is 47.2 Å². The van der Waals surface area contributed by atoms with Crippen molar-refractivity contribution in [2.75, 3.05) is 13.2 Å². The van der Waals surface area contributed by atoms with Crippen LogP contribution in [0.15, 0.2) is 48.5 Å². The molecule has 0 amide bonds. The van der Waals surface area contributed by atoms with Gasteiger partial charge in [0.25, 0.3) is 0 Å². The summed E-state index contributed by atoms with van der Waals surface area (Å²) in [6.45, 7) is 0.637. The van der Waals surface area contributed by atoms with Crippen LogP contribution in [0.4, 0.5) is 0 Å². The molecule has 0 heterocycles. The molecule has 25 heavy (non-hydrogen) atoms. The first kappa shape index (κ1) is 19.2. The predicted octanol–water partition coefficient (Wildman–Crippen LogP) is 5.22. The number of esters is 1. The van der Waals surface area contributed by atoms with Crippen LogP contribution in [0.25, 0.3) is 12.2 Å². The first-order valence-electron chi connectivity index (χ1n) is 8.51. The van der Waals surface area contributed by atoms with E-state index < -0.39 is 0 Å². The molecule has 1 N–H and O–H groups in total. The Kier molecular flexibility index (Phi) is 8.23. The Hall–Kier alpha value is -2.10. The summed E-state index contributed by atoms with van der Waals surface area (Å²) < 4.78 is 5.26. The summed E-state index contributed by atoms with van der Waals surface area (Å²) in [4.78, 5) is 12.0. The molecule has 0 aromatic heterocycles. The van der Waals surface area contributed by atoms with E-state index in [4.69, 9.17) is 21.4 Å².